The van der Waals surface area contributed by atoms with Crippen molar-refractivity contribution in [1.82, 2.24) is 9.97 Å². The summed E-state index contributed by atoms with van der Waals surface area (Å²) in [7, 11) is 0. The molecule has 1 atom stereocenters. The number of nitrogens with zero attached hydrogens (tertiary/aromatic N) is 2. The maximum atomic E-state index is 6.26. The lowest BCUT2D eigenvalue weighted by atomic mass is 10.0. The second kappa shape index (κ2) is 6.51. The molecule has 0 fully saturated rings. The fraction of sp³-hybridized carbons (Fsp3) is 0.176. The number of aromatic nitrogens is 2. The van der Waals surface area contributed by atoms with Crippen LogP contribution in [0.5, 0.6) is 0 Å². The summed E-state index contributed by atoms with van der Waals surface area (Å²) in [5.41, 5.74) is 3.75. The zero-order chi connectivity index (χ0) is 15.5. The number of nitrogens with one attached hydrogen (secondary N) is 1. The van der Waals surface area contributed by atoms with Crippen LogP contribution in [0, 0.1) is 0 Å². The molecule has 22 heavy (non-hydrogen) atoms. The molecule has 0 saturated carbocycles. The second-order valence-electron chi connectivity index (χ2n) is 5.18. The maximum Gasteiger partial charge on any atom is 0.112 e. The molecule has 0 amide bonds. The van der Waals surface area contributed by atoms with E-state index in [0.29, 0.717) is 5.02 Å². The highest BCUT2D eigenvalue weighted by atomic mass is 35.5. The minimum Gasteiger partial charge on any atom is -0.383 e. The number of hydrogen-bond acceptors (Lipinski definition) is 3. The minimum absolute atomic E-state index is 0.220. The summed E-state index contributed by atoms with van der Waals surface area (Å²) in [6.07, 6.45) is 3.39. The highest BCUT2D eigenvalue weighted by Gasteiger charge is 2.11. The van der Waals surface area contributed by atoms with Crippen molar-refractivity contribution in [1.29, 1.82) is 0 Å². The van der Waals surface area contributed by atoms with Gasteiger partial charge in [0.25, 0.3) is 0 Å². The van der Waals surface area contributed by atoms with E-state index >= 15 is 0 Å². The van der Waals surface area contributed by atoms with Crippen LogP contribution in [-0.4, -0.2) is 16.5 Å². The van der Waals surface area contributed by atoms with E-state index in [0.717, 1.165) is 33.9 Å². The van der Waals surface area contributed by atoms with Gasteiger partial charge in [0.2, 0.25) is 0 Å². The fourth-order valence-electron chi connectivity index (χ4n) is 2.40. The molecule has 112 valence electrons. The van der Waals surface area contributed by atoms with Crippen LogP contribution in [-0.2, 0) is 0 Å². The lowest BCUT2D eigenvalue weighted by molar-refractivity contribution is 0.805. The van der Waals surface area contributed by atoms with E-state index in [-0.39, 0.29) is 5.92 Å². The van der Waals surface area contributed by atoms with E-state index < -0.39 is 0 Å². The Hall–Kier alpha value is -1.84. The van der Waals surface area contributed by atoms with Crippen LogP contribution in [0.3, 0.4) is 0 Å². The molecule has 0 saturated heterocycles. The van der Waals surface area contributed by atoms with Crippen LogP contribution >= 0.6 is 23.2 Å². The third-order valence-corrected chi connectivity index (χ3v) is 4.17. The molecule has 1 aromatic heterocycles. The van der Waals surface area contributed by atoms with Crippen LogP contribution < -0.4 is 5.32 Å². The Morgan fingerprint density at radius 3 is 2.77 bits per heavy atom. The van der Waals surface area contributed by atoms with Crippen LogP contribution in [0.25, 0.3) is 11.0 Å². The molecule has 0 radical (unpaired) electrons. The maximum absolute atomic E-state index is 6.26. The van der Waals surface area contributed by atoms with Crippen molar-refractivity contribution in [3.8, 4) is 0 Å². The van der Waals surface area contributed by atoms with Crippen molar-refractivity contribution >= 4 is 39.9 Å². The van der Waals surface area contributed by atoms with Gasteiger partial charge in [-0.05, 0) is 41.8 Å². The van der Waals surface area contributed by atoms with Crippen LogP contribution in [0.1, 0.15) is 18.4 Å². The van der Waals surface area contributed by atoms with Gasteiger partial charge in [0.15, 0.2) is 0 Å². The van der Waals surface area contributed by atoms with Gasteiger partial charge < -0.3 is 5.32 Å². The summed E-state index contributed by atoms with van der Waals surface area (Å²) in [5, 5.41) is 4.86. The van der Waals surface area contributed by atoms with E-state index in [1.807, 2.05) is 30.3 Å². The molecular weight excluding hydrogens is 317 g/mol. The van der Waals surface area contributed by atoms with Crippen molar-refractivity contribution < 1.29 is 0 Å². The summed E-state index contributed by atoms with van der Waals surface area (Å²) >= 11 is 12.3. The molecular formula is C17H15Cl2N3. The monoisotopic (exact) mass is 331 g/mol. The predicted octanol–water partition coefficient (Wildman–Crippen LogP) is 5.15. The quantitative estimate of drug-likeness (QED) is 0.718. The largest absolute Gasteiger partial charge is 0.383 e. The number of halogens is 2. The van der Waals surface area contributed by atoms with Crippen LogP contribution in [0.4, 0.5) is 5.69 Å². The first kappa shape index (κ1) is 15.1. The Kier molecular flexibility index (Phi) is 4.46. The van der Waals surface area contributed by atoms with Gasteiger partial charge in [-0.15, -0.1) is 0 Å². The third-order valence-electron chi connectivity index (χ3n) is 3.59. The number of para-hydroxylation sites is 1. The van der Waals surface area contributed by atoms with E-state index in [1.54, 1.807) is 18.5 Å². The Morgan fingerprint density at radius 2 is 1.91 bits per heavy atom. The summed E-state index contributed by atoms with van der Waals surface area (Å²) in [6.45, 7) is 2.84. The van der Waals surface area contributed by atoms with Gasteiger partial charge in [0.1, 0.15) is 5.52 Å². The van der Waals surface area contributed by atoms with E-state index in [9.17, 15) is 0 Å². The Morgan fingerprint density at radius 1 is 1.09 bits per heavy atom. The molecule has 3 rings (SSSR count). The summed E-state index contributed by atoms with van der Waals surface area (Å²) < 4.78 is 0. The lowest BCUT2D eigenvalue weighted by Gasteiger charge is -2.16. The SMILES string of the molecule is CC(CNc1cccc2nccnc12)c1cc(Cl)ccc1Cl. The van der Waals surface area contributed by atoms with E-state index in [4.69, 9.17) is 23.2 Å². The standard InChI is InChI=1S/C17H15Cl2N3/c1-11(13-9-12(18)5-6-14(13)19)10-22-16-4-2-3-15-17(16)21-8-7-20-15/h2-9,11,22H,10H2,1H3. The average Bonchev–Trinajstić information content (AvgIpc) is 2.54. The molecule has 0 aliphatic carbocycles. The number of fused-ring (bicyclic) bond motifs is 1. The van der Waals surface area contributed by atoms with Gasteiger partial charge in [-0.1, -0.05) is 36.2 Å². The van der Waals surface area contributed by atoms with Crippen LogP contribution in [0.15, 0.2) is 48.8 Å². The fourth-order valence-corrected chi connectivity index (χ4v) is 2.88. The first-order valence-corrected chi connectivity index (χ1v) is 7.79. The van der Waals surface area contributed by atoms with Gasteiger partial charge in [-0.3, -0.25) is 9.97 Å². The van der Waals surface area contributed by atoms with E-state index in [1.165, 1.54) is 0 Å². The smallest absolute Gasteiger partial charge is 0.112 e. The van der Waals surface area contributed by atoms with Crippen molar-refractivity contribution in [2.24, 2.45) is 0 Å². The zero-order valence-electron chi connectivity index (χ0n) is 12.1. The van der Waals surface area contributed by atoms with Crippen molar-refractivity contribution in [2.75, 3.05) is 11.9 Å². The molecule has 0 aliphatic rings. The Labute approximate surface area is 139 Å². The molecule has 1 N–H and O–H groups in total. The molecule has 2 aromatic carbocycles. The molecule has 3 nitrogen and oxygen atoms in total. The number of hydrogen-bond donors (Lipinski definition) is 1. The topological polar surface area (TPSA) is 37.8 Å². The number of benzene rings is 2. The molecule has 1 heterocycles. The highest BCUT2D eigenvalue weighted by molar-refractivity contribution is 6.33. The van der Waals surface area contributed by atoms with Gasteiger partial charge in [-0.2, -0.15) is 0 Å². The highest BCUT2D eigenvalue weighted by Crippen LogP contribution is 2.28. The normalized spacial score (nSPS) is 12.3. The molecule has 3 aromatic rings. The Balaban J connectivity index is 1.80. The lowest BCUT2D eigenvalue weighted by Crippen LogP contribution is -2.11. The van der Waals surface area contributed by atoms with Crippen molar-refractivity contribution in [3.63, 3.8) is 0 Å². The van der Waals surface area contributed by atoms with E-state index in [2.05, 4.69) is 22.2 Å². The molecule has 0 spiro atoms. The number of rotatable bonds is 4. The average molecular weight is 332 g/mol. The molecule has 0 bridgehead atoms. The third kappa shape index (κ3) is 3.16. The first-order chi connectivity index (χ1) is 10.6. The number of anilines is 1. The van der Waals surface area contributed by atoms with Crippen molar-refractivity contribution in [2.45, 2.75) is 12.8 Å². The Bertz CT molecular complexity index is 800. The molecule has 1 unspecified atom stereocenters. The van der Waals surface area contributed by atoms with Crippen LogP contribution in [0.2, 0.25) is 10.0 Å². The van der Waals surface area contributed by atoms with Gasteiger partial charge in [-0.25, -0.2) is 0 Å². The summed E-state index contributed by atoms with van der Waals surface area (Å²) in [4.78, 5) is 8.70. The second-order valence-corrected chi connectivity index (χ2v) is 6.02. The first-order valence-electron chi connectivity index (χ1n) is 7.03. The summed E-state index contributed by atoms with van der Waals surface area (Å²) in [6, 6.07) is 11.5. The van der Waals surface area contributed by atoms with Crippen molar-refractivity contribution in [3.05, 3.63) is 64.4 Å². The zero-order valence-corrected chi connectivity index (χ0v) is 13.6. The van der Waals surface area contributed by atoms with Gasteiger partial charge in [0, 0.05) is 29.0 Å². The summed E-state index contributed by atoms with van der Waals surface area (Å²) in [5.74, 6) is 0.220. The predicted molar refractivity (Wildman–Crippen MR) is 92.9 cm³/mol. The minimum atomic E-state index is 0.220. The van der Waals surface area contributed by atoms with Gasteiger partial charge >= 0.3 is 0 Å². The molecule has 5 heteroatoms. The molecule has 0 aliphatic heterocycles. The van der Waals surface area contributed by atoms with Gasteiger partial charge in [0.05, 0.1) is 11.2 Å².